The molecule has 0 aromatic carbocycles. The molecule has 0 saturated carbocycles. The van der Waals surface area contributed by atoms with Gasteiger partial charge in [-0.2, -0.15) is 0 Å². The van der Waals surface area contributed by atoms with E-state index in [2.05, 4.69) is 33.9 Å². The maximum atomic E-state index is 5.66. The Morgan fingerprint density at radius 1 is 1.33 bits per heavy atom. The zero-order valence-electron chi connectivity index (χ0n) is 11.6. The minimum Gasteiger partial charge on any atom is -0.341 e. The van der Waals surface area contributed by atoms with Crippen LogP contribution in [0.5, 0.6) is 0 Å². The van der Waals surface area contributed by atoms with E-state index in [-0.39, 0.29) is 0 Å². The third kappa shape index (κ3) is 2.97. The lowest BCUT2D eigenvalue weighted by Crippen LogP contribution is -2.42. The van der Waals surface area contributed by atoms with Crippen LogP contribution in [0.3, 0.4) is 0 Å². The van der Waals surface area contributed by atoms with Gasteiger partial charge in [0.1, 0.15) is 0 Å². The second kappa shape index (κ2) is 5.63. The van der Waals surface area contributed by atoms with Crippen molar-refractivity contribution in [3.05, 3.63) is 17.5 Å². The van der Waals surface area contributed by atoms with Gasteiger partial charge in [-0.15, -0.1) is 0 Å². The summed E-state index contributed by atoms with van der Waals surface area (Å²) in [5.74, 6) is 0.840. The van der Waals surface area contributed by atoms with E-state index in [1.165, 1.54) is 12.8 Å². The smallest absolute Gasteiger partial charge is 0.225 e. The summed E-state index contributed by atoms with van der Waals surface area (Å²) < 4.78 is 0. The summed E-state index contributed by atoms with van der Waals surface area (Å²) in [4.78, 5) is 13.6. The van der Waals surface area contributed by atoms with Crippen molar-refractivity contribution in [3.8, 4) is 0 Å². The molecule has 0 atom stereocenters. The number of hydrogen-bond acceptors (Lipinski definition) is 5. The molecule has 1 aromatic heterocycles. The normalized spacial score (nSPS) is 17.5. The van der Waals surface area contributed by atoms with Gasteiger partial charge in [0.2, 0.25) is 5.95 Å². The summed E-state index contributed by atoms with van der Waals surface area (Å²) in [6.07, 6.45) is 2.34. The Labute approximate surface area is 109 Å². The Bertz CT molecular complexity index is 396. The zero-order valence-corrected chi connectivity index (χ0v) is 11.6. The monoisotopic (exact) mass is 249 g/mol. The molecule has 1 aliphatic rings. The first-order valence-electron chi connectivity index (χ1n) is 6.56. The minimum atomic E-state index is 0.477. The average Bonchev–Trinajstić information content (AvgIpc) is 2.38. The number of anilines is 1. The molecule has 0 aliphatic carbocycles. The summed E-state index contributed by atoms with van der Waals surface area (Å²) in [7, 11) is 4.30. The van der Waals surface area contributed by atoms with Crippen molar-refractivity contribution in [2.45, 2.75) is 32.4 Å². The summed E-state index contributed by atoms with van der Waals surface area (Å²) in [5.41, 5.74) is 7.58. The van der Waals surface area contributed by atoms with E-state index < -0.39 is 0 Å². The standard InChI is InChI=1S/C13H23N5/c1-10-8-11(9-14)16-13(15-10)18-6-4-12(5-7-18)17(2)3/h8,12H,4-7,9,14H2,1-3H3. The van der Waals surface area contributed by atoms with Crippen LogP contribution in [-0.4, -0.2) is 48.1 Å². The van der Waals surface area contributed by atoms with Gasteiger partial charge >= 0.3 is 0 Å². The van der Waals surface area contributed by atoms with Crippen LogP contribution in [0.15, 0.2) is 6.07 Å². The molecule has 1 aliphatic heterocycles. The van der Waals surface area contributed by atoms with E-state index in [1.54, 1.807) is 0 Å². The van der Waals surface area contributed by atoms with Crippen molar-refractivity contribution < 1.29 is 0 Å². The average molecular weight is 249 g/mol. The number of nitrogens with two attached hydrogens (primary N) is 1. The van der Waals surface area contributed by atoms with E-state index in [4.69, 9.17) is 5.73 Å². The molecule has 5 nitrogen and oxygen atoms in total. The molecule has 5 heteroatoms. The fourth-order valence-corrected chi connectivity index (χ4v) is 2.45. The largest absolute Gasteiger partial charge is 0.341 e. The Morgan fingerprint density at radius 3 is 2.56 bits per heavy atom. The van der Waals surface area contributed by atoms with Gasteiger partial charge in [-0.05, 0) is 39.9 Å². The highest BCUT2D eigenvalue weighted by Gasteiger charge is 2.22. The first-order valence-corrected chi connectivity index (χ1v) is 6.56. The van der Waals surface area contributed by atoms with E-state index >= 15 is 0 Å². The second-order valence-electron chi connectivity index (χ2n) is 5.19. The van der Waals surface area contributed by atoms with Crippen LogP contribution < -0.4 is 10.6 Å². The van der Waals surface area contributed by atoms with Crippen molar-refractivity contribution in [2.75, 3.05) is 32.1 Å². The van der Waals surface area contributed by atoms with Crippen LogP contribution in [0.25, 0.3) is 0 Å². The Balaban J connectivity index is 2.07. The lowest BCUT2D eigenvalue weighted by molar-refractivity contribution is 0.249. The fourth-order valence-electron chi connectivity index (χ4n) is 2.45. The Hall–Kier alpha value is -1.20. The number of hydrogen-bond donors (Lipinski definition) is 1. The summed E-state index contributed by atoms with van der Waals surface area (Å²) >= 11 is 0. The number of aromatic nitrogens is 2. The zero-order chi connectivity index (χ0) is 13.1. The molecule has 1 saturated heterocycles. The van der Waals surface area contributed by atoms with Crippen molar-refractivity contribution >= 4 is 5.95 Å². The number of nitrogens with zero attached hydrogens (tertiary/aromatic N) is 4. The van der Waals surface area contributed by atoms with Gasteiger partial charge in [0.05, 0.1) is 5.69 Å². The van der Waals surface area contributed by atoms with E-state index in [9.17, 15) is 0 Å². The molecule has 2 heterocycles. The first kappa shape index (κ1) is 13.2. The highest BCUT2D eigenvalue weighted by atomic mass is 15.3. The molecule has 1 fully saturated rings. The lowest BCUT2D eigenvalue weighted by Gasteiger charge is -2.35. The quantitative estimate of drug-likeness (QED) is 0.857. The number of aryl methyl sites for hydroxylation is 1. The number of piperidine rings is 1. The van der Waals surface area contributed by atoms with E-state index in [1.807, 2.05) is 13.0 Å². The van der Waals surface area contributed by atoms with Gasteiger partial charge in [-0.25, -0.2) is 9.97 Å². The van der Waals surface area contributed by atoms with Crippen LogP contribution in [0.1, 0.15) is 24.2 Å². The van der Waals surface area contributed by atoms with Gasteiger partial charge in [-0.1, -0.05) is 0 Å². The molecule has 18 heavy (non-hydrogen) atoms. The van der Waals surface area contributed by atoms with Crippen LogP contribution in [0.2, 0.25) is 0 Å². The highest BCUT2D eigenvalue weighted by molar-refractivity contribution is 5.33. The molecule has 0 bridgehead atoms. The van der Waals surface area contributed by atoms with Gasteiger partial charge in [-0.3, -0.25) is 0 Å². The summed E-state index contributed by atoms with van der Waals surface area (Å²) in [6, 6.07) is 2.64. The third-order valence-electron chi connectivity index (χ3n) is 3.58. The van der Waals surface area contributed by atoms with Crippen LogP contribution in [0, 0.1) is 6.92 Å². The molecular formula is C13H23N5. The first-order chi connectivity index (χ1) is 8.60. The molecule has 0 amide bonds. The summed E-state index contributed by atoms with van der Waals surface area (Å²) in [5, 5.41) is 0. The van der Waals surface area contributed by atoms with Crippen molar-refractivity contribution in [3.63, 3.8) is 0 Å². The fraction of sp³-hybridized carbons (Fsp3) is 0.692. The molecule has 0 radical (unpaired) electrons. The molecular weight excluding hydrogens is 226 g/mol. The molecule has 100 valence electrons. The van der Waals surface area contributed by atoms with Crippen LogP contribution in [-0.2, 0) is 6.54 Å². The van der Waals surface area contributed by atoms with Crippen molar-refractivity contribution in [1.82, 2.24) is 14.9 Å². The Morgan fingerprint density at radius 2 is 2.00 bits per heavy atom. The predicted molar refractivity (Wildman–Crippen MR) is 73.6 cm³/mol. The molecule has 2 N–H and O–H groups in total. The van der Waals surface area contributed by atoms with Gasteiger partial charge in [0, 0.05) is 31.4 Å². The van der Waals surface area contributed by atoms with Crippen LogP contribution >= 0.6 is 0 Å². The van der Waals surface area contributed by atoms with E-state index in [0.717, 1.165) is 30.4 Å². The van der Waals surface area contributed by atoms with E-state index in [0.29, 0.717) is 12.6 Å². The van der Waals surface area contributed by atoms with Gasteiger partial charge in [0.15, 0.2) is 0 Å². The predicted octanol–water partition coefficient (Wildman–Crippen LogP) is 0.774. The molecule has 0 unspecified atom stereocenters. The SMILES string of the molecule is Cc1cc(CN)nc(N2CCC(N(C)C)CC2)n1. The summed E-state index contributed by atoms with van der Waals surface area (Å²) in [6.45, 7) is 4.52. The third-order valence-corrected chi connectivity index (χ3v) is 3.58. The van der Waals surface area contributed by atoms with Gasteiger partial charge < -0.3 is 15.5 Å². The topological polar surface area (TPSA) is 58.3 Å². The van der Waals surface area contributed by atoms with Crippen molar-refractivity contribution in [2.24, 2.45) is 5.73 Å². The lowest BCUT2D eigenvalue weighted by atomic mass is 10.0. The Kier molecular flexibility index (Phi) is 4.14. The number of rotatable bonds is 3. The molecule has 1 aromatic rings. The maximum absolute atomic E-state index is 5.66. The maximum Gasteiger partial charge on any atom is 0.225 e. The molecule has 0 spiro atoms. The highest BCUT2D eigenvalue weighted by Crippen LogP contribution is 2.19. The minimum absolute atomic E-state index is 0.477. The van der Waals surface area contributed by atoms with Crippen LogP contribution in [0.4, 0.5) is 5.95 Å². The molecule has 2 rings (SSSR count). The van der Waals surface area contributed by atoms with Crippen molar-refractivity contribution in [1.29, 1.82) is 0 Å². The van der Waals surface area contributed by atoms with Gasteiger partial charge in [0.25, 0.3) is 0 Å². The second-order valence-corrected chi connectivity index (χ2v) is 5.19.